The molecule has 0 spiro atoms. The van der Waals surface area contributed by atoms with Crippen LogP contribution in [-0.2, 0) is 0 Å². The smallest absolute Gasteiger partial charge is 0.0255 e. The van der Waals surface area contributed by atoms with Crippen LogP contribution in [0.3, 0.4) is 0 Å². The van der Waals surface area contributed by atoms with Crippen LogP contribution < -0.4 is 5.73 Å². The van der Waals surface area contributed by atoms with Crippen molar-refractivity contribution in [3.8, 4) is 0 Å². The number of piperidine rings is 1. The second-order valence-corrected chi connectivity index (χ2v) is 6.80. The van der Waals surface area contributed by atoms with Crippen molar-refractivity contribution in [3.63, 3.8) is 0 Å². The largest absolute Gasteiger partial charge is 0.326 e. The average Bonchev–Trinajstić information content (AvgIpc) is 2.56. The van der Waals surface area contributed by atoms with Gasteiger partial charge in [-0.1, -0.05) is 33.6 Å². The minimum absolute atomic E-state index is 0.346. The van der Waals surface area contributed by atoms with Crippen molar-refractivity contribution in [2.45, 2.75) is 83.8 Å². The summed E-state index contributed by atoms with van der Waals surface area (Å²) in [5.41, 5.74) is 6.85. The SMILES string of the molecule is CCCC1CCCCN1C1CCC(C)(C)C1N. The molecule has 1 aliphatic heterocycles. The monoisotopic (exact) mass is 238 g/mol. The zero-order chi connectivity index (χ0) is 12.5. The lowest BCUT2D eigenvalue weighted by molar-refractivity contribution is 0.0743. The van der Waals surface area contributed by atoms with Gasteiger partial charge in [-0.25, -0.2) is 0 Å². The van der Waals surface area contributed by atoms with Crippen LogP contribution in [-0.4, -0.2) is 29.6 Å². The zero-order valence-corrected chi connectivity index (χ0v) is 11.9. The maximum absolute atomic E-state index is 6.50. The summed E-state index contributed by atoms with van der Waals surface area (Å²) in [7, 11) is 0. The van der Waals surface area contributed by atoms with Crippen molar-refractivity contribution in [2.75, 3.05) is 6.54 Å². The van der Waals surface area contributed by atoms with Crippen LogP contribution in [0.25, 0.3) is 0 Å². The Morgan fingerprint density at radius 2 is 2.00 bits per heavy atom. The highest BCUT2D eigenvalue weighted by Gasteiger charge is 2.43. The van der Waals surface area contributed by atoms with Gasteiger partial charge < -0.3 is 5.73 Å². The molecular weight excluding hydrogens is 208 g/mol. The molecule has 2 fully saturated rings. The summed E-state index contributed by atoms with van der Waals surface area (Å²) in [6.07, 6.45) is 9.49. The molecule has 2 heteroatoms. The van der Waals surface area contributed by atoms with Crippen molar-refractivity contribution in [3.05, 3.63) is 0 Å². The third-order valence-electron chi connectivity index (χ3n) is 5.12. The van der Waals surface area contributed by atoms with Crippen LogP contribution in [0.2, 0.25) is 0 Å². The first kappa shape index (κ1) is 13.4. The molecule has 1 saturated heterocycles. The van der Waals surface area contributed by atoms with Gasteiger partial charge in [0.2, 0.25) is 0 Å². The van der Waals surface area contributed by atoms with Gasteiger partial charge in [0.1, 0.15) is 0 Å². The number of likely N-dealkylation sites (tertiary alicyclic amines) is 1. The van der Waals surface area contributed by atoms with E-state index in [-0.39, 0.29) is 0 Å². The van der Waals surface area contributed by atoms with Crippen LogP contribution in [0.5, 0.6) is 0 Å². The molecule has 100 valence electrons. The van der Waals surface area contributed by atoms with Crippen molar-refractivity contribution >= 4 is 0 Å². The molecule has 0 aromatic heterocycles. The lowest BCUT2D eigenvalue weighted by atomic mass is 9.86. The van der Waals surface area contributed by atoms with E-state index in [2.05, 4.69) is 25.7 Å². The van der Waals surface area contributed by atoms with Crippen LogP contribution >= 0.6 is 0 Å². The van der Waals surface area contributed by atoms with Gasteiger partial charge in [0.05, 0.1) is 0 Å². The van der Waals surface area contributed by atoms with Crippen LogP contribution in [0.1, 0.15) is 65.7 Å². The summed E-state index contributed by atoms with van der Waals surface area (Å²) >= 11 is 0. The molecule has 3 unspecified atom stereocenters. The Kier molecular flexibility index (Phi) is 4.14. The highest BCUT2D eigenvalue weighted by Crippen LogP contribution is 2.40. The van der Waals surface area contributed by atoms with Gasteiger partial charge in [-0.2, -0.15) is 0 Å². The van der Waals surface area contributed by atoms with Crippen molar-refractivity contribution in [2.24, 2.45) is 11.1 Å². The molecule has 0 amide bonds. The van der Waals surface area contributed by atoms with E-state index in [9.17, 15) is 0 Å². The summed E-state index contributed by atoms with van der Waals surface area (Å²) in [4.78, 5) is 2.77. The summed E-state index contributed by atoms with van der Waals surface area (Å²) in [6.45, 7) is 8.29. The van der Waals surface area contributed by atoms with Gasteiger partial charge in [0, 0.05) is 18.1 Å². The Morgan fingerprint density at radius 3 is 2.59 bits per heavy atom. The third kappa shape index (κ3) is 2.68. The van der Waals surface area contributed by atoms with E-state index in [0.717, 1.165) is 6.04 Å². The first-order chi connectivity index (χ1) is 8.06. The predicted octanol–water partition coefficient (Wildman–Crippen LogP) is 3.16. The molecule has 2 N–H and O–H groups in total. The lowest BCUT2D eigenvalue weighted by Crippen LogP contribution is -2.54. The minimum Gasteiger partial charge on any atom is -0.326 e. The molecule has 2 nitrogen and oxygen atoms in total. The number of rotatable bonds is 3. The van der Waals surface area contributed by atoms with E-state index >= 15 is 0 Å². The molecule has 0 bridgehead atoms. The fourth-order valence-electron chi connectivity index (χ4n) is 3.86. The first-order valence-corrected chi connectivity index (χ1v) is 7.57. The van der Waals surface area contributed by atoms with Crippen LogP contribution in [0, 0.1) is 5.41 Å². The fraction of sp³-hybridized carbons (Fsp3) is 1.00. The second kappa shape index (κ2) is 5.27. The quantitative estimate of drug-likeness (QED) is 0.818. The van der Waals surface area contributed by atoms with Crippen molar-refractivity contribution < 1.29 is 0 Å². The highest BCUT2D eigenvalue weighted by molar-refractivity contribution is 5.01. The Labute approximate surface area is 107 Å². The van der Waals surface area contributed by atoms with E-state index < -0.39 is 0 Å². The molecule has 2 rings (SSSR count). The summed E-state index contributed by atoms with van der Waals surface area (Å²) < 4.78 is 0. The van der Waals surface area contributed by atoms with Gasteiger partial charge >= 0.3 is 0 Å². The van der Waals surface area contributed by atoms with E-state index in [1.54, 1.807) is 0 Å². The van der Waals surface area contributed by atoms with Gasteiger partial charge in [-0.15, -0.1) is 0 Å². The maximum atomic E-state index is 6.50. The molecule has 3 atom stereocenters. The molecule has 17 heavy (non-hydrogen) atoms. The predicted molar refractivity (Wildman–Crippen MR) is 74.0 cm³/mol. The van der Waals surface area contributed by atoms with E-state index in [4.69, 9.17) is 5.73 Å². The Hall–Kier alpha value is -0.0800. The maximum Gasteiger partial charge on any atom is 0.0255 e. The molecule has 0 aromatic rings. The topological polar surface area (TPSA) is 29.3 Å². The molecule has 1 heterocycles. The molecule has 0 aromatic carbocycles. The average molecular weight is 238 g/mol. The van der Waals surface area contributed by atoms with Gasteiger partial charge in [0.15, 0.2) is 0 Å². The molecule has 1 aliphatic carbocycles. The second-order valence-electron chi connectivity index (χ2n) is 6.80. The van der Waals surface area contributed by atoms with Crippen molar-refractivity contribution in [1.29, 1.82) is 0 Å². The summed E-state index contributed by atoms with van der Waals surface area (Å²) in [5, 5.41) is 0. The van der Waals surface area contributed by atoms with E-state index in [0.29, 0.717) is 17.5 Å². The molecular formula is C15H30N2. The number of hydrogen-bond acceptors (Lipinski definition) is 2. The summed E-state index contributed by atoms with van der Waals surface area (Å²) in [6, 6.07) is 1.85. The van der Waals surface area contributed by atoms with E-state index in [1.807, 2.05) is 0 Å². The van der Waals surface area contributed by atoms with Crippen LogP contribution in [0.4, 0.5) is 0 Å². The number of nitrogens with two attached hydrogens (primary N) is 1. The molecule has 2 aliphatic rings. The Bertz CT molecular complexity index is 247. The minimum atomic E-state index is 0.346. The van der Waals surface area contributed by atoms with Gasteiger partial charge in [0.25, 0.3) is 0 Å². The fourth-order valence-corrected chi connectivity index (χ4v) is 3.86. The standard InChI is InChI=1S/C15H30N2/c1-4-7-12-8-5-6-11-17(12)13-9-10-15(2,3)14(13)16/h12-14H,4-11,16H2,1-3H3. The number of hydrogen-bond donors (Lipinski definition) is 1. The molecule has 0 radical (unpaired) electrons. The Morgan fingerprint density at radius 1 is 1.24 bits per heavy atom. The van der Waals surface area contributed by atoms with Gasteiger partial charge in [-0.3, -0.25) is 4.90 Å². The molecule has 1 saturated carbocycles. The normalized spacial score (nSPS) is 38.5. The van der Waals surface area contributed by atoms with Gasteiger partial charge in [-0.05, 0) is 44.1 Å². The number of nitrogens with zero attached hydrogens (tertiary/aromatic N) is 1. The summed E-state index contributed by atoms with van der Waals surface area (Å²) in [5.74, 6) is 0. The third-order valence-corrected chi connectivity index (χ3v) is 5.12. The first-order valence-electron chi connectivity index (χ1n) is 7.57. The van der Waals surface area contributed by atoms with Crippen molar-refractivity contribution in [1.82, 2.24) is 4.90 Å². The highest BCUT2D eigenvalue weighted by atomic mass is 15.2. The Balaban J connectivity index is 2.04. The zero-order valence-electron chi connectivity index (χ0n) is 11.9. The lowest BCUT2D eigenvalue weighted by Gasteiger charge is -2.43. The van der Waals surface area contributed by atoms with E-state index in [1.165, 1.54) is 51.5 Å². The van der Waals surface area contributed by atoms with Crippen LogP contribution in [0.15, 0.2) is 0 Å².